The standard InChI is InChI=1S/C16H11FN.C5H8O2.Pt/c1-11-7-8-13(15(17)10-11)14-6-2-4-12-5-3-9-18-16(12)14;1-4(6)3-5(2)7;/h2-7,9-10H,1H3;3,6H,1-2H3;/q-1;;/b;4-3-;. The van der Waals surface area contributed by atoms with Crippen LogP contribution >= 0.6 is 0 Å². The van der Waals surface area contributed by atoms with E-state index in [1.165, 1.54) is 26.0 Å². The largest absolute Gasteiger partial charge is 0.512 e. The van der Waals surface area contributed by atoms with Crippen LogP contribution in [0, 0.1) is 18.8 Å². The number of aliphatic hydroxyl groups is 1. The van der Waals surface area contributed by atoms with Crippen LogP contribution in [0.25, 0.3) is 22.0 Å². The van der Waals surface area contributed by atoms with Gasteiger partial charge in [-0.15, -0.1) is 29.3 Å². The molecule has 0 saturated carbocycles. The molecule has 3 nitrogen and oxygen atoms in total. The van der Waals surface area contributed by atoms with E-state index in [4.69, 9.17) is 5.11 Å². The molecule has 2 aromatic carbocycles. The molecule has 0 spiro atoms. The van der Waals surface area contributed by atoms with Gasteiger partial charge in [-0.1, -0.05) is 36.8 Å². The first-order valence-electron chi connectivity index (χ1n) is 7.78. The van der Waals surface area contributed by atoms with Crippen LogP contribution in [0.4, 0.5) is 4.39 Å². The van der Waals surface area contributed by atoms with Crippen LogP contribution in [-0.4, -0.2) is 15.9 Å². The van der Waals surface area contributed by atoms with E-state index in [9.17, 15) is 9.18 Å². The molecule has 5 heteroatoms. The van der Waals surface area contributed by atoms with Crippen molar-refractivity contribution in [3.63, 3.8) is 0 Å². The van der Waals surface area contributed by atoms with Crippen molar-refractivity contribution in [2.24, 2.45) is 0 Å². The van der Waals surface area contributed by atoms with Gasteiger partial charge >= 0.3 is 0 Å². The van der Waals surface area contributed by atoms with Crippen LogP contribution in [-0.2, 0) is 25.9 Å². The van der Waals surface area contributed by atoms with Gasteiger partial charge in [0, 0.05) is 44.7 Å². The minimum atomic E-state index is -0.256. The Hall–Kier alpha value is -2.32. The number of aromatic nitrogens is 1. The smallest absolute Gasteiger partial charge is 0.155 e. The number of benzene rings is 2. The second-order valence-electron chi connectivity index (χ2n) is 5.68. The Labute approximate surface area is 166 Å². The molecule has 0 aliphatic carbocycles. The third-order valence-electron chi connectivity index (χ3n) is 3.35. The number of para-hydroxylation sites is 1. The fourth-order valence-electron chi connectivity index (χ4n) is 2.38. The van der Waals surface area contributed by atoms with E-state index in [0.29, 0.717) is 5.56 Å². The van der Waals surface area contributed by atoms with Crippen LogP contribution in [0.3, 0.4) is 0 Å². The fraction of sp³-hybridized carbons (Fsp3) is 0.143. The summed E-state index contributed by atoms with van der Waals surface area (Å²) in [4.78, 5) is 14.4. The van der Waals surface area contributed by atoms with E-state index in [1.54, 1.807) is 12.3 Å². The molecule has 1 N–H and O–H groups in total. The number of hydrogen-bond donors (Lipinski definition) is 1. The number of rotatable bonds is 2. The number of hydrogen-bond acceptors (Lipinski definition) is 3. The summed E-state index contributed by atoms with van der Waals surface area (Å²) in [6, 6.07) is 15.9. The van der Waals surface area contributed by atoms with Crippen molar-refractivity contribution in [2.45, 2.75) is 20.8 Å². The molecule has 0 bridgehead atoms. The van der Waals surface area contributed by atoms with Crippen molar-refractivity contribution in [2.75, 3.05) is 0 Å². The third kappa shape index (κ3) is 5.89. The quantitative estimate of drug-likeness (QED) is 0.282. The van der Waals surface area contributed by atoms with Gasteiger partial charge < -0.3 is 5.11 Å². The van der Waals surface area contributed by atoms with Gasteiger partial charge in [0.05, 0.1) is 5.76 Å². The number of aliphatic hydroxyl groups excluding tert-OH is 1. The molecule has 0 amide bonds. The van der Waals surface area contributed by atoms with Crippen molar-refractivity contribution in [3.05, 3.63) is 77.9 Å². The summed E-state index contributed by atoms with van der Waals surface area (Å²) in [5, 5.41) is 9.37. The van der Waals surface area contributed by atoms with Crippen molar-refractivity contribution in [1.82, 2.24) is 4.98 Å². The first-order chi connectivity index (χ1) is 11.9. The Balaban J connectivity index is 0.000000366. The van der Waals surface area contributed by atoms with Gasteiger partial charge in [0.25, 0.3) is 0 Å². The fourth-order valence-corrected chi connectivity index (χ4v) is 2.38. The number of carbonyl (C=O) groups is 1. The van der Waals surface area contributed by atoms with E-state index in [1.807, 2.05) is 37.3 Å². The van der Waals surface area contributed by atoms with Crippen molar-refractivity contribution < 1.29 is 35.4 Å². The summed E-state index contributed by atoms with van der Waals surface area (Å²) < 4.78 is 14.0. The maximum atomic E-state index is 14.0. The van der Waals surface area contributed by atoms with Crippen LogP contribution in [0.1, 0.15) is 19.4 Å². The number of pyridine rings is 1. The van der Waals surface area contributed by atoms with Gasteiger partial charge in [-0.3, -0.25) is 14.2 Å². The van der Waals surface area contributed by atoms with Crippen molar-refractivity contribution in [1.29, 1.82) is 0 Å². The SMILES string of the molecule is CC(=O)/C=C(/C)O.Cc1c[c-]c(-c2cccc3cccnc23)c(F)c1.[Pt]. The van der Waals surface area contributed by atoms with E-state index in [2.05, 4.69) is 11.1 Å². The first-order valence-corrected chi connectivity index (χ1v) is 7.78. The maximum absolute atomic E-state index is 14.0. The van der Waals surface area contributed by atoms with Gasteiger partial charge in [-0.05, 0) is 25.3 Å². The molecule has 138 valence electrons. The second-order valence-corrected chi connectivity index (χ2v) is 5.68. The molecule has 0 saturated heterocycles. The van der Waals surface area contributed by atoms with E-state index < -0.39 is 0 Å². The summed E-state index contributed by atoms with van der Waals surface area (Å²) >= 11 is 0. The molecule has 26 heavy (non-hydrogen) atoms. The third-order valence-corrected chi connectivity index (χ3v) is 3.35. The minimum Gasteiger partial charge on any atom is -0.512 e. The number of allylic oxidation sites excluding steroid dienone is 2. The predicted octanol–water partition coefficient (Wildman–Crippen LogP) is 5.18. The summed E-state index contributed by atoms with van der Waals surface area (Å²) in [6.07, 6.45) is 2.89. The van der Waals surface area contributed by atoms with Gasteiger partial charge in [0.2, 0.25) is 0 Å². The minimum absolute atomic E-state index is 0. The number of halogens is 1. The molecular weight excluding hydrogens is 512 g/mol. The zero-order valence-electron chi connectivity index (χ0n) is 14.7. The Bertz CT molecular complexity index is 929. The van der Waals surface area contributed by atoms with Crippen LogP contribution in [0.2, 0.25) is 0 Å². The van der Waals surface area contributed by atoms with Crippen LogP contribution in [0.5, 0.6) is 0 Å². The molecule has 0 aliphatic heterocycles. The second kappa shape index (κ2) is 9.98. The average Bonchev–Trinajstić information content (AvgIpc) is 2.54. The summed E-state index contributed by atoms with van der Waals surface area (Å²) in [6.45, 7) is 4.70. The number of aryl methyl sites for hydroxylation is 1. The van der Waals surface area contributed by atoms with Gasteiger partial charge in [-0.2, -0.15) is 0 Å². The van der Waals surface area contributed by atoms with Crippen LogP contribution < -0.4 is 0 Å². The molecule has 0 atom stereocenters. The number of nitrogens with zero attached hydrogens (tertiary/aromatic N) is 1. The van der Waals surface area contributed by atoms with E-state index in [-0.39, 0.29) is 38.4 Å². The molecule has 3 rings (SSSR count). The number of ketones is 1. The molecule has 0 fully saturated rings. The summed E-state index contributed by atoms with van der Waals surface area (Å²) in [7, 11) is 0. The molecular formula is C21H19FNO2Pt-. The Morgan fingerprint density at radius 1 is 1.23 bits per heavy atom. The zero-order valence-corrected chi connectivity index (χ0v) is 17.0. The Kier molecular flexibility index (Phi) is 8.34. The Morgan fingerprint density at radius 2 is 1.92 bits per heavy atom. The molecule has 3 aromatic rings. The molecule has 1 aromatic heterocycles. The van der Waals surface area contributed by atoms with E-state index >= 15 is 0 Å². The monoisotopic (exact) mass is 531 g/mol. The van der Waals surface area contributed by atoms with Crippen molar-refractivity contribution >= 4 is 16.7 Å². The number of carbonyl (C=O) groups excluding carboxylic acids is 1. The van der Waals surface area contributed by atoms with Gasteiger partial charge in [0.1, 0.15) is 0 Å². The molecule has 0 aliphatic rings. The van der Waals surface area contributed by atoms with Crippen LogP contribution in [0.15, 0.2) is 60.5 Å². The van der Waals surface area contributed by atoms with Gasteiger partial charge in [-0.25, -0.2) is 0 Å². The summed E-state index contributed by atoms with van der Waals surface area (Å²) in [5.41, 5.74) is 2.93. The van der Waals surface area contributed by atoms with Gasteiger partial charge in [0.15, 0.2) is 5.78 Å². The maximum Gasteiger partial charge on any atom is 0.155 e. The van der Waals surface area contributed by atoms with Crippen molar-refractivity contribution in [3.8, 4) is 11.1 Å². The average molecular weight is 531 g/mol. The predicted molar refractivity (Wildman–Crippen MR) is 97.8 cm³/mol. The molecule has 1 heterocycles. The normalized spacial score (nSPS) is 10.5. The zero-order chi connectivity index (χ0) is 18.4. The topological polar surface area (TPSA) is 50.2 Å². The number of fused-ring (bicyclic) bond motifs is 1. The molecule has 0 radical (unpaired) electrons. The Morgan fingerprint density at radius 3 is 2.50 bits per heavy atom. The van der Waals surface area contributed by atoms with E-state index in [0.717, 1.165) is 22.0 Å². The summed E-state index contributed by atoms with van der Waals surface area (Å²) in [5.74, 6) is -0.319. The molecule has 0 unspecified atom stereocenters. The first kappa shape index (κ1) is 21.7.